The summed E-state index contributed by atoms with van der Waals surface area (Å²) >= 11 is 0. The van der Waals surface area contributed by atoms with E-state index in [1.807, 2.05) is 18.2 Å². The van der Waals surface area contributed by atoms with Crippen LogP contribution in [0.1, 0.15) is 15.9 Å². The van der Waals surface area contributed by atoms with Gasteiger partial charge in [0.25, 0.3) is 5.91 Å². The molecule has 2 rings (SSSR count). The number of benzene rings is 2. The van der Waals surface area contributed by atoms with Crippen molar-refractivity contribution in [2.24, 2.45) is 0 Å². The molecule has 0 saturated carbocycles. The molecule has 0 saturated heterocycles. The van der Waals surface area contributed by atoms with E-state index >= 15 is 0 Å². The Kier molecular flexibility index (Phi) is 6.17. The summed E-state index contributed by atoms with van der Waals surface area (Å²) in [6.07, 6.45) is 5.06. The van der Waals surface area contributed by atoms with E-state index in [1.54, 1.807) is 13.2 Å². The van der Waals surface area contributed by atoms with Gasteiger partial charge in [0.15, 0.2) is 0 Å². The van der Waals surface area contributed by atoms with Crippen molar-refractivity contribution in [2.75, 3.05) is 13.7 Å². The first-order valence-corrected chi connectivity index (χ1v) is 8.89. The third-order valence-electron chi connectivity index (χ3n) is 3.40. The van der Waals surface area contributed by atoms with Crippen LogP contribution in [0, 0.1) is 12.3 Å². The van der Waals surface area contributed by atoms with Gasteiger partial charge in [-0.25, -0.2) is 8.42 Å². The molecule has 0 aliphatic heterocycles. The van der Waals surface area contributed by atoms with Gasteiger partial charge in [-0.15, -0.1) is 6.42 Å². The molecule has 0 radical (unpaired) electrons. The lowest BCUT2D eigenvalue weighted by Gasteiger charge is -2.10. The summed E-state index contributed by atoms with van der Waals surface area (Å²) in [5.41, 5.74) is 1.05. The predicted octanol–water partition coefficient (Wildman–Crippen LogP) is 1.54. The largest absolute Gasteiger partial charge is 0.496 e. The number of para-hydroxylation sites is 1. The molecule has 0 fully saturated rings. The highest BCUT2D eigenvalue weighted by atomic mass is 32.2. The SMILES string of the molecule is C#CCNS(=O)(=O)c1cccc(C(=O)NCc2ccccc2OC)c1. The van der Waals surface area contributed by atoms with Crippen molar-refractivity contribution in [1.29, 1.82) is 0 Å². The van der Waals surface area contributed by atoms with E-state index in [-0.39, 0.29) is 29.5 Å². The number of carbonyl (C=O) groups excluding carboxylic acids is 1. The van der Waals surface area contributed by atoms with Gasteiger partial charge in [-0.3, -0.25) is 4.79 Å². The number of nitrogens with one attached hydrogen (secondary N) is 2. The van der Waals surface area contributed by atoms with Crippen LogP contribution >= 0.6 is 0 Å². The van der Waals surface area contributed by atoms with E-state index in [4.69, 9.17) is 11.2 Å². The second-order valence-electron chi connectivity index (χ2n) is 5.05. The minimum Gasteiger partial charge on any atom is -0.496 e. The number of hydrogen-bond donors (Lipinski definition) is 2. The Labute approximate surface area is 147 Å². The van der Waals surface area contributed by atoms with E-state index in [2.05, 4.69) is 16.0 Å². The Bertz CT molecular complexity index is 901. The number of carbonyl (C=O) groups is 1. The molecule has 1 amide bonds. The molecular formula is C18H18N2O4S. The van der Waals surface area contributed by atoms with Gasteiger partial charge in [-0.05, 0) is 24.3 Å². The maximum Gasteiger partial charge on any atom is 0.251 e. The Balaban J connectivity index is 2.13. The van der Waals surface area contributed by atoms with Gasteiger partial charge in [0.1, 0.15) is 5.75 Å². The van der Waals surface area contributed by atoms with Crippen molar-refractivity contribution >= 4 is 15.9 Å². The predicted molar refractivity (Wildman–Crippen MR) is 94.6 cm³/mol. The minimum atomic E-state index is -3.75. The van der Waals surface area contributed by atoms with E-state index in [1.165, 1.54) is 24.3 Å². The molecule has 0 aromatic heterocycles. The quantitative estimate of drug-likeness (QED) is 0.736. The van der Waals surface area contributed by atoms with Crippen molar-refractivity contribution in [3.05, 3.63) is 59.7 Å². The van der Waals surface area contributed by atoms with Crippen LogP contribution in [-0.4, -0.2) is 28.0 Å². The zero-order chi connectivity index (χ0) is 18.3. The maximum absolute atomic E-state index is 12.3. The van der Waals surface area contributed by atoms with Crippen LogP contribution in [0.25, 0.3) is 0 Å². The fraction of sp³-hybridized carbons (Fsp3) is 0.167. The average Bonchev–Trinajstić information content (AvgIpc) is 2.64. The van der Waals surface area contributed by atoms with Gasteiger partial charge in [0.05, 0.1) is 18.6 Å². The van der Waals surface area contributed by atoms with Gasteiger partial charge in [-0.1, -0.05) is 30.2 Å². The van der Waals surface area contributed by atoms with Crippen molar-refractivity contribution in [3.63, 3.8) is 0 Å². The molecule has 0 heterocycles. The summed E-state index contributed by atoms with van der Waals surface area (Å²) in [6.45, 7) is 0.141. The summed E-state index contributed by atoms with van der Waals surface area (Å²) in [7, 11) is -2.19. The van der Waals surface area contributed by atoms with E-state index in [0.29, 0.717) is 5.75 Å². The zero-order valence-corrected chi connectivity index (χ0v) is 14.5. The van der Waals surface area contributed by atoms with Crippen LogP contribution in [0.15, 0.2) is 53.4 Å². The molecule has 25 heavy (non-hydrogen) atoms. The first kappa shape index (κ1) is 18.5. The van der Waals surface area contributed by atoms with Crippen molar-refractivity contribution < 1.29 is 17.9 Å². The van der Waals surface area contributed by atoms with E-state index in [9.17, 15) is 13.2 Å². The van der Waals surface area contributed by atoms with E-state index in [0.717, 1.165) is 5.56 Å². The topological polar surface area (TPSA) is 84.5 Å². The average molecular weight is 358 g/mol. The Hall–Kier alpha value is -2.82. The fourth-order valence-corrected chi connectivity index (χ4v) is 3.13. The van der Waals surface area contributed by atoms with Crippen LogP contribution in [0.3, 0.4) is 0 Å². The standard InChI is InChI=1S/C18H18N2O4S/c1-3-11-20-25(22,23)16-9-6-8-14(12-16)18(21)19-13-15-7-4-5-10-17(15)24-2/h1,4-10,12,20H,11,13H2,2H3,(H,19,21). The molecule has 2 N–H and O–H groups in total. The molecule has 0 aliphatic carbocycles. The van der Waals surface area contributed by atoms with Crippen LogP contribution in [0.4, 0.5) is 0 Å². The van der Waals surface area contributed by atoms with Crippen LogP contribution < -0.4 is 14.8 Å². The summed E-state index contributed by atoms with van der Waals surface area (Å²) in [5.74, 6) is 2.47. The lowest BCUT2D eigenvalue weighted by atomic mass is 10.2. The fourth-order valence-electron chi connectivity index (χ4n) is 2.15. The van der Waals surface area contributed by atoms with Gasteiger partial charge < -0.3 is 10.1 Å². The second kappa shape index (κ2) is 8.33. The molecule has 6 nitrogen and oxygen atoms in total. The normalized spacial score (nSPS) is 10.7. The van der Waals surface area contributed by atoms with Gasteiger partial charge in [0, 0.05) is 17.7 Å². The smallest absolute Gasteiger partial charge is 0.251 e. The van der Waals surface area contributed by atoms with E-state index < -0.39 is 10.0 Å². The maximum atomic E-state index is 12.3. The Morgan fingerprint density at radius 3 is 2.68 bits per heavy atom. The van der Waals surface area contributed by atoms with Crippen molar-refractivity contribution in [2.45, 2.75) is 11.4 Å². The number of rotatable bonds is 7. The summed E-state index contributed by atoms with van der Waals surface area (Å²) in [4.78, 5) is 12.3. The molecule has 0 bridgehead atoms. The van der Waals surface area contributed by atoms with Gasteiger partial charge in [-0.2, -0.15) is 4.72 Å². The number of methoxy groups -OCH3 is 1. The third-order valence-corrected chi connectivity index (χ3v) is 4.80. The second-order valence-corrected chi connectivity index (χ2v) is 6.82. The van der Waals surface area contributed by atoms with Crippen LogP contribution in [0.5, 0.6) is 5.75 Å². The molecule has 0 atom stereocenters. The number of amides is 1. The first-order valence-electron chi connectivity index (χ1n) is 7.41. The zero-order valence-electron chi connectivity index (χ0n) is 13.7. The molecule has 0 unspecified atom stereocenters. The summed E-state index contributed by atoms with van der Waals surface area (Å²) < 4.78 is 31.6. The Morgan fingerprint density at radius 1 is 1.20 bits per heavy atom. The van der Waals surface area contributed by atoms with Gasteiger partial charge in [0.2, 0.25) is 10.0 Å². The van der Waals surface area contributed by atoms with Crippen LogP contribution in [0.2, 0.25) is 0 Å². The van der Waals surface area contributed by atoms with Crippen molar-refractivity contribution in [3.8, 4) is 18.1 Å². The highest BCUT2D eigenvalue weighted by molar-refractivity contribution is 7.89. The lowest BCUT2D eigenvalue weighted by molar-refractivity contribution is 0.0950. The third kappa shape index (κ3) is 4.83. The summed E-state index contributed by atoms with van der Waals surface area (Å²) in [5, 5.41) is 2.75. The van der Waals surface area contributed by atoms with Crippen molar-refractivity contribution in [1.82, 2.24) is 10.0 Å². The molecule has 2 aromatic carbocycles. The monoisotopic (exact) mass is 358 g/mol. The molecule has 2 aromatic rings. The van der Waals surface area contributed by atoms with Gasteiger partial charge >= 0.3 is 0 Å². The number of hydrogen-bond acceptors (Lipinski definition) is 4. The number of terminal acetylenes is 1. The Morgan fingerprint density at radius 2 is 1.96 bits per heavy atom. The minimum absolute atomic E-state index is 0.0207. The molecular weight excluding hydrogens is 340 g/mol. The number of sulfonamides is 1. The summed E-state index contributed by atoms with van der Waals surface area (Å²) in [6, 6.07) is 13.1. The highest BCUT2D eigenvalue weighted by Crippen LogP contribution is 2.17. The highest BCUT2D eigenvalue weighted by Gasteiger charge is 2.15. The molecule has 0 spiro atoms. The number of ether oxygens (including phenoxy) is 1. The lowest BCUT2D eigenvalue weighted by Crippen LogP contribution is -2.26. The first-order chi connectivity index (χ1) is 12.0. The van der Waals surface area contributed by atoms with Crippen LogP contribution in [-0.2, 0) is 16.6 Å². The molecule has 7 heteroatoms. The molecule has 130 valence electrons. The molecule has 0 aliphatic rings.